The van der Waals surface area contributed by atoms with E-state index in [0.29, 0.717) is 23.1 Å². The summed E-state index contributed by atoms with van der Waals surface area (Å²) in [7, 11) is 1.37. The lowest BCUT2D eigenvalue weighted by Crippen LogP contribution is -2.19. The van der Waals surface area contributed by atoms with Gasteiger partial charge in [0.2, 0.25) is 0 Å². The fourth-order valence-corrected chi connectivity index (χ4v) is 3.95. The zero-order valence-electron chi connectivity index (χ0n) is 16.3. The molecule has 0 atom stereocenters. The Labute approximate surface area is 167 Å². The number of carbonyl (C=O) groups is 1. The number of ether oxygens (including phenoxy) is 2. The molecule has 0 amide bonds. The van der Waals surface area contributed by atoms with Crippen LogP contribution in [0.1, 0.15) is 35.1 Å². The maximum atomic E-state index is 12.2. The second-order valence-electron chi connectivity index (χ2n) is 7.26. The van der Waals surface area contributed by atoms with E-state index in [1.807, 2.05) is 23.1 Å². The molecule has 5 rings (SSSR count). The number of aromatic nitrogens is 5. The Balaban J connectivity index is 1.60. The average molecular weight is 391 g/mol. The highest BCUT2D eigenvalue weighted by Gasteiger charge is 2.20. The van der Waals surface area contributed by atoms with Crippen LogP contribution in [-0.4, -0.2) is 50.4 Å². The predicted molar refractivity (Wildman–Crippen MR) is 107 cm³/mol. The topological polar surface area (TPSA) is 83.5 Å². The highest BCUT2D eigenvalue weighted by Crippen LogP contribution is 2.28. The van der Waals surface area contributed by atoms with Crippen molar-refractivity contribution in [3.8, 4) is 11.1 Å². The molecule has 4 aromatic heterocycles. The van der Waals surface area contributed by atoms with Gasteiger partial charge in [0.1, 0.15) is 5.65 Å². The molecule has 1 aliphatic heterocycles. The Bertz CT molecular complexity index is 1220. The van der Waals surface area contributed by atoms with E-state index < -0.39 is 5.97 Å². The number of esters is 1. The van der Waals surface area contributed by atoms with Gasteiger partial charge in [-0.25, -0.2) is 9.78 Å². The number of imidazole rings is 1. The van der Waals surface area contributed by atoms with Crippen molar-refractivity contribution in [2.45, 2.75) is 25.8 Å². The first kappa shape index (κ1) is 17.8. The molecule has 0 N–H and O–H groups in total. The number of aryl methyl sites for hydroxylation is 1. The summed E-state index contributed by atoms with van der Waals surface area (Å²) in [6, 6.07) is 4.30. The van der Waals surface area contributed by atoms with Gasteiger partial charge in [-0.3, -0.25) is 14.1 Å². The average Bonchev–Trinajstić information content (AvgIpc) is 3.38. The van der Waals surface area contributed by atoms with Gasteiger partial charge >= 0.3 is 5.97 Å². The molecule has 1 saturated heterocycles. The molecule has 0 aliphatic carbocycles. The lowest BCUT2D eigenvalue weighted by molar-refractivity contribution is 0.0592. The highest BCUT2D eigenvalue weighted by molar-refractivity contribution is 5.97. The fraction of sp³-hybridized carbons (Fsp3) is 0.333. The SMILES string of the molecule is COC(=O)c1c(C)nc2c3cc(-c4cnn(C5CCOCC5)c4)cnc3ccn12. The van der Waals surface area contributed by atoms with Crippen LogP contribution in [0.3, 0.4) is 0 Å². The van der Waals surface area contributed by atoms with Crippen molar-refractivity contribution in [2.75, 3.05) is 20.3 Å². The third-order valence-corrected chi connectivity index (χ3v) is 5.50. The molecule has 29 heavy (non-hydrogen) atoms. The van der Waals surface area contributed by atoms with Gasteiger partial charge in [-0.2, -0.15) is 5.10 Å². The van der Waals surface area contributed by atoms with Crippen LogP contribution in [0, 0.1) is 6.92 Å². The molecular weight excluding hydrogens is 370 g/mol. The van der Waals surface area contributed by atoms with Gasteiger partial charge in [-0.15, -0.1) is 0 Å². The van der Waals surface area contributed by atoms with Gasteiger partial charge in [0.25, 0.3) is 0 Å². The van der Waals surface area contributed by atoms with Gasteiger partial charge in [0.05, 0.1) is 30.6 Å². The van der Waals surface area contributed by atoms with Crippen LogP contribution < -0.4 is 0 Å². The van der Waals surface area contributed by atoms with Crippen LogP contribution in [-0.2, 0) is 9.47 Å². The fourth-order valence-electron chi connectivity index (χ4n) is 3.95. The first-order valence-electron chi connectivity index (χ1n) is 9.63. The zero-order valence-corrected chi connectivity index (χ0v) is 16.3. The Hall–Kier alpha value is -3.26. The van der Waals surface area contributed by atoms with Gasteiger partial charge in [0.15, 0.2) is 5.69 Å². The van der Waals surface area contributed by atoms with Crippen LogP contribution in [0.15, 0.2) is 36.9 Å². The third-order valence-electron chi connectivity index (χ3n) is 5.50. The normalized spacial score (nSPS) is 15.2. The summed E-state index contributed by atoms with van der Waals surface area (Å²) in [5, 5.41) is 5.44. The Morgan fingerprint density at radius 2 is 2.07 bits per heavy atom. The molecule has 0 radical (unpaired) electrons. The number of fused-ring (bicyclic) bond motifs is 3. The molecule has 1 aliphatic rings. The maximum Gasteiger partial charge on any atom is 0.356 e. The molecule has 0 saturated carbocycles. The summed E-state index contributed by atoms with van der Waals surface area (Å²) in [6.45, 7) is 3.36. The van der Waals surface area contributed by atoms with E-state index in [9.17, 15) is 4.79 Å². The van der Waals surface area contributed by atoms with E-state index in [0.717, 1.165) is 48.1 Å². The van der Waals surface area contributed by atoms with Crippen LogP contribution in [0.2, 0.25) is 0 Å². The van der Waals surface area contributed by atoms with Gasteiger partial charge in [0, 0.05) is 48.3 Å². The smallest absolute Gasteiger partial charge is 0.356 e. The van der Waals surface area contributed by atoms with Crippen molar-refractivity contribution in [1.29, 1.82) is 0 Å². The van der Waals surface area contributed by atoms with Gasteiger partial charge in [-0.05, 0) is 31.9 Å². The molecular formula is C21H21N5O3. The molecule has 5 heterocycles. The van der Waals surface area contributed by atoms with E-state index >= 15 is 0 Å². The quantitative estimate of drug-likeness (QED) is 0.499. The van der Waals surface area contributed by atoms with Crippen molar-refractivity contribution >= 4 is 22.5 Å². The predicted octanol–water partition coefficient (Wildman–Crippen LogP) is 3.19. The molecule has 148 valence electrons. The first-order chi connectivity index (χ1) is 14.2. The molecule has 0 bridgehead atoms. The van der Waals surface area contributed by atoms with Crippen LogP contribution in [0.4, 0.5) is 0 Å². The molecule has 0 aromatic carbocycles. The standard InChI is InChI=1S/C21H21N5O3/c1-13-19(21(27)28-2)25-6-3-18-17(20(25)24-13)9-14(10-22-18)15-11-23-26(12-15)16-4-7-29-8-5-16/h3,6,9-12,16H,4-5,7-8H2,1-2H3. The molecule has 0 spiro atoms. The number of hydrogen-bond acceptors (Lipinski definition) is 6. The minimum Gasteiger partial charge on any atom is -0.464 e. The molecule has 8 heteroatoms. The largest absolute Gasteiger partial charge is 0.464 e. The van der Waals surface area contributed by atoms with E-state index in [1.54, 1.807) is 17.5 Å². The van der Waals surface area contributed by atoms with E-state index in [2.05, 4.69) is 27.3 Å². The zero-order chi connectivity index (χ0) is 20.0. The monoisotopic (exact) mass is 391 g/mol. The third kappa shape index (κ3) is 2.96. The number of hydrogen-bond donors (Lipinski definition) is 0. The molecule has 8 nitrogen and oxygen atoms in total. The van der Waals surface area contributed by atoms with Crippen LogP contribution in [0.5, 0.6) is 0 Å². The van der Waals surface area contributed by atoms with Crippen molar-refractivity contribution in [3.05, 3.63) is 48.3 Å². The van der Waals surface area contributed by atoms with Crippen LogP contribution in [0.25, 0.3) is 27.7 Å². The van der Waals surface area contributed by atoms with Crippen molar-refractivity contribution in [1.82, 2.24) is 24.1 Å². The minimum absolute atomic E-state index is 0.371. The number of rotatable bonds is 3. The number of pyridine rings is 2. The lowest BCUT2D eigenvalue weighted by atomic mass is 10.1. The summed E-state index contributed by atoms with van der Waals surface area (Å²) in [5.41, 5.74) is 4.53. The summed E-state index contributed by atoms with van der Waals surface area (Å²) in [5.74, 6) is -0.406. The van der Waals surface area contributed by atoms with Crippen molar-refractivity contribution in [3.63, 3.8) is 0 Å². The molecule has 4 aromatic rings. The Kier molecular flexibility index (Phi) is 4.28. The molecule has 0 unspecified atom stereocenters. The summed E-state index contributed by atoms with van der Waals surface area (Å²) >= 11 is 0. The van der Waals surface area contributed by atoms with Gasteiger partial charge in [-0.1, -0.05) is 0 Å². The number of methoxy groups -OCH3 is 1. The number of nitrogens with zero attached hydrogens (tertiary/aromatic N) is 5. The number of carbonyl (C=O) groups excluding carboxylic acids is 1. The van der Waals surface area contributed by atoms with E-state index in [4.69, 9.17) is 9.47 Å². The Morgan fingerprint density at radius 1 is 1.24 bits per heavy atom. The second kappa shape index (κ2) is 6.97. The summed E-state index contributed by atoms with van der Waals surface area (Å²) < 4.78 is 14.1. The highest BCUT2D eigenvalue weighted by atomic mass is 16.5. The lowest BCUT2D eigenvalue weighted by Gasteiger charge is -2.22. The van der Waals surface area contributed by atoms with Gasteiger partial charge < -0.3 is 9.47 Å². The summed E-state index contributed by atoms with van der Waals surface area (Å²) in [6.07, 6.45) is 9.54. The maximum absolute atomic E-state index is 12.2. The molecule has 1 fully saturated rings. The summed E-state index contributed by atoms with van der Waals surface area (Å²) in [4.78, 5) is 21.4. The second-order valence-corrected chi connectivity index (χ2v) is 7.26. The van der Waals surface area contributed by atoms with E-state index in [-0.39, 0.29) is 0 Å². The minimum atomic E-state index is -0.406. The Morgan fingerprint density at radius 3 is 2.86 bits per heavy atom. The van der Waals surface area contributed by atoms with Crippen LogP contribution >= 0.6 is 0 Å². The first-order valence-corrected chi connectivity index (χ1v) is 9.63. The van der Waals surface area contributed by atoms with Crippen molar-refractivity contribution < 1.29 is 14.3 Å². The van der Waals surface area contributed by atoms with Crippen molar-refractivity contribution in [2.24, 2.45) is 0 Å². The van der Waals surface area contributed by atoms with E-state index in [1.165, 1.54) is 7.11 Å².